The van der Waals surface area contributed by atoms with Crippen LogP contribution >= 0.6 is 0 Å². The number of carboxylic acid groups (broad SMARTS) is 4. The van der Waals surface area contributed by atoms with E-state index in [0.29, 0.717) is 0 Å². The number of rotatable bonds is 9. The molecule has 0 rings (SSSR count). The summed E-state index contributed by atoms with van der Waals surface area (Å²) in [4.78, 5) is 53.8. The van der Waals surface area contributed by atoms with E-state index < -0.39 is 61.1 Å². The van der Waals surface area contributed by atoms with Crippen LogP contribution in [0.1, 0.15) is 25.7 Å². The Bertz CT molecular complexity index is 433. The number of carbonyl (C=O) groups excluding carboxylic acids is 1. The average Bonchev–Trinajstić information content (AvgIpc) is 2.23. The molecule has 0 atom stereocenters. The van der Waals surface area contributed by atoms with E-state index in [2.05, 4.69) is 4.74 Å². The van der Waals surface area contributed by atoms with Crippen LogP contribution in [0.5, 0.6) is 0 Å². The first kappa shape index (κ1) is 25.8. The fourth-order valence-electron chi connectivity index (χ4n) is 1.30. The topological polar surface area (TPSA) is 175 Å². The molecule has 12 heteroatoms. The van der Waals surface area contributed by atoms with Gasteiger partial charge in [0.1, 0.15) is 0 Å². The van der Waals surface area contributed by atoms with Gasteiger partial charge in [0.25, 0.3) is 0 Å². The molecule has 0 bridgehead atoms. The summed E-state index contributed by atoms with van der Waals surface area (Å²) in [6, 6.07) is 0. The Kier molecular flexibility index (Phi) is 13.4. The fraction of sp³-hybridized carbons (Fsp3) is 0.500. The molecular weight excluding hydrogens is 359 g/mol. The molecule has 0 saturated heterocycles. The fourth-order valence-corrected chi connectivity index (χ4v) is 1.30. The van der Waals surface area contributed by atoms with Crippen molar-refractivity contribution in [1.29, 1.82) is 0 Å². The minimum absolute atomic E-state index is 0. The standard InChI is InChI=1S/C10H12O10.Fe.Na.H/c11-5(12)1-2-8(17)20-10(9(18)19,3-6(13)14)4-7(15)16;;;/h1-4H2,(H,11,12)(H,13,14)(H,15,16)(H,18,19);;;. The van der Waals surface area contributed by atoms with Crippen molar-refractivity contribution in [2.24, 2.45) is 0 Å². The SMILES string of the molecule is O=C(O)CCC(=O)OC(CC(=O)O)(CC(=O)O)C(=O)O.[Fe].[NaH]. The summed E-state index contributed by atoms with van der Waals surface area (Å²) in [5.74, 6) is -7.96. The second kappa shape index (κ2) is 11.4. The van der Waals surface area contributed by atoms with Gasteiger partial charge in [-0.25, -0.2) is 4.79 Å². The van der Waals surface area contributed by atoms with Crippen molar-refractivity contribution in [1.82, 2.24) is 0 Å². The van der Waals surface area contributed by atoms with Gasteiger partial charge in [-0.2, -0.15) is 0 Å². The van der Waals surface area contributed by atoms with Crippen LogP contribution in [-0.2, 0) is 45.8 Å². The Hall–Kier alpha value is -1.13. The molecule has 0 saturated carbocycles. The number of esters is 1. The van der Waals surface area contributed by atoms with Crippen LogP contribution in [0.25, 0.3) is 0 Å². The summed E-state index contributed by atoms with van der Waals surface area (Å²) in [6.45, 7) is 0. The van der Waals surface area contributed by atoms with Gasteiger partial charge in [-0.15, -0.1) is 0 Å². The normalized spacial score (nSPS) is 9.64. The number of carbonyl (C=O) groups is 5. The first-order chi connectivity index (χ1) is 9.09. The average molecular weight is 372 g/mol. The molecule has 0 heterocycles. The van der Waals surface area contributed by atoms with E-state index in [4.69, 9.17) is 20.4 Å². The van der Waals surface area contributed by atoms with E-state index in [1.807, 2.05) is 0 Å². The van der Waals surface area contributed by atoms with Gasteiger partial charge in [0.05, 0.1) is 25.7 Å². The molecule has 0 radical (unpaired) electrons. The third kappa shape index (κ3) is 9.74. The van der Waals surface area contributed by atoms with Crippen LogP contribution in [0.2, 0.25) is 0 Å². The molecular formula is C10H13FeNaO10. The van der Waals surface area contributed by atoms with E-state index in [9.17, 15) is 24.0 Å². The summed E-state index contributed by atoms with van der Waals surface area (Å²) >= 11 is 0. The van der Waals surface area contributed by atoms with Gasteiger partial charge >= 0.3 is 59.4 Å². The van der Waals surface area contributed by atoms with Crippen molar-refractivity contribution in [3.05, 3.63) is 0 Å². The first-order valence-corrected chi connectivity index (χ1v) is 5.19. The minimum atomic E-state index is -2.77. The molecule has 0 aliphatic carbocycles. The van der Waals surface area contributed by atoms with Gasteiger partial charge in [-0.1, -0.05) is 0 Å². The molecule has 10 nitrogen and oxygen atoms in total. The van der Waals surface area contributed by atoms with Gasteiger partial charge < -0.3 is 25.2 Å². The summed E-state index contributed by atoms with van der Waals surface area (Å²) in [5, 5.41) is 34.5. The Labute approximate surface area is 156 Å². The molecule has 0 aromatic carbocycles. The van der Waals surface area contributed by atoms with Crippen molar-refractivity contribution < 1.29 is 66.2 Å². The van der Waals surface area contributed by atoms with Crippen LogP contribution in [0.15, 0.2) is 0 Å². The van der Waals surface area contributed by atoms with E-state index in [1.54, 1.807) is 0 Å². The maximum atomic E-state index is 11.3. The van der Waals surface area contributed by atoms with E-state index in [0.717, 1.165) is 0 Å². The van der Waals surface area contributed by atoms with Gasteiger partial charge in [0, 0.05) is 17.1 Å². The monoisotopic (exact) mass is 372 g/mol. The van der Waals surface area contributed by atoms with Crippen LogP contribution in [0.4, 0.5) is 0 Å². The zero-order valence-corrected chi connectivity index (χ0v) is 11.5. The molecule has 0 spiro atoms. The predicted octanol–water partition coefficient (Wildman–Crippen LogP) is -1.48. The summed E-state index contributed by atoms with van der Waals surface area (Å²) in [7, 11) is 0. The molecule has 0 aliphatic heterocycles. The molecule has 0 aromatic heterocycles. The van der Waals surface area contributed by atoms with Gasteiger partial charge in [0.2, 0.25) is 5.60 Å². The van der Waals surface area contributed by atoms with Crippen molar-refractivity contribution in [2.75, 3.05) is 0 Å². The van der Waals surface area contributed by atoms with Crippen LogP contribution < -0.4 is 0 Å². The molecule has 4 N–H and O–H groups in total. The Balaban J connectivity index is -0.00000180. The predicted molar refractivity (Wildman–Crippen MR) is 65.0 cm³/mol. The van der Waals surface area contributed by atoms with E-state index >= 15 is 0 Å². The third-order valence-electron chi connectivity index (χ3n) is 2.12. The van der Waals surface area contributed by atoms with Crippen molar-refractivity contribution in [2.45, 2.75) is 31.3 Å². The van der Waals surface area contributed by atoms with Crippen LogP contribution in [-0.4, -0.2) is 85.4 Å². The Morgan fingerprint density at radius 1 is 0.773 bits per heavy atom. The van der Waals surface area contributed by atoms with Crippen LogP contribution in [0, 0.1) is 0 Å². The summed E-state index contributed by atoms with van der Waals surface area (Å²) in [5.41, 5.74) is -2.77. The van der Waals surface area contributed by atoms with Crippen molar-refractivity contribution >= 4 is 59.4 Å². The molecule has 122 valence electrons. The number of carboxylic acids is 4. The number of hydrogen-bond acceptors (Lipinski definition) is 6. The number of aliphatic carboxylic acids is 4. The third-order valence-corrected chi connectivity index (χ3v) is 2.12. The quantitative estimate of drug-likeness (QED) is 0.276. The van der Waals surface area contributed by atoms with Crippen molar-refractivity contribution in [3.63, 3.8) is 0 Å². The second-order valence-corrected chi connectivity index (χ2v) is 3.81. The molecule has 0 aliphatic rings. The molecule has 0 unspecified atom stereocenters. The Morgan fingerprint density at radius 2 is 1.18 bits per heavy atom. The molecule has 0 amide bonds. The van der Waals surface area contributed by atoms with E-state index in [-0.39, 0.29) is 46.6 Å². The molecule has 0 aromatic rings. The zero-order chi connectivity index (χ0) is 15.9. The Morgan fingerprint density at radius 3 is 1.45 bits per heavy atom. The van der Waals surface area contributed by atoms with Crippen molar-refractivity contribution in [3.8, 4) is 0 Å². The zero-order valence-electron chi connectivity index (χ0n) is 10.4. The maximum absolute atomic E-state index is 11.3. The van der Waals surface area contributed by atoms with Gasteiger partial charge in [0.15, 0.2) is 0 Å². The molecule has 0 fully saturated rings. The van der Waals surface area contributed by atoms with Crippen LogP contribution in [0.3, 0.4) is 0 Å². The van der Waals surface area contributed by atoms with Gasteiger partial charge in [-0.3, -0.25) is 19.2 Å². The molecule has 22 heavy (non-hydrogen) atoms. The number of hydrogen-bond donors (Lipinski definition) is 4. The number of ether oxygens (including phenoxy) is 1. The second-order valence-electron chi connectivity index (χ2n) is 3.81. The summed E-state index contributed by atoms with van der Waals surface area (Å²) in [6.07, 6.45) is -3.88. The van der Waals surface area contributed by atoms with E-state index in [1.165, 1.54) is 0 Å². The first-order valence-electron chi connectivity index (χ1n) is 5.19. The summed E-state index contributed by atoms with van der Waals surface area (Å²) < 4.78 is 4.41. The van der Waals surface area contributed by atoms with Gasteiger partial charge in [-0.05, 0) is 0 Å².